The minimum absolute atomic E-state index is 0.154. The molecule has 0 fully saturated rings. The number of aliphatic carboxylic acids is 1. The number of carboxylic acid groups (broad SMARTS) is 1. The first kappa shape index (κ1) is 88.3. The molecular weight excluding hydrogens is 1110 g/mol. The van der Waals surface area contributed by atoms with Crippen molar-refractivity contribution in [1.82, 2.24) is 0 Å². The van der Waals surface area contributed by atoms with Gasteiger partial charge in [-0.3, -0.25) is 9.59 Å². The number of ether oxygens (including phenoxy) is 4. The third-order valence-corrected chi connectivity index (χ3v) is 19.1. The molecule has 0 aromatic heterocycles. The lowest BCUT2D eigenvalue weighted by atomic mass is 10.0. The number of hydrogen-bond acceptors (Lipinski definition) is 8. The topological polar surface area (TPSA) is 111 Å². The lowest BCUT2D eigenvalue weighted by Crippen LogP contribution is -2.44. The molecule has 0 aromatic carbocycles. The molecule has 0 aliphatic rings. The highest BCUT2D eigenvalue weighted by atomic mass is 16.7. The fraction of sp³-hybridized carbons (Fsp3) is 0.963. The molecule has 0 spiro atoms. The number of rotatable bonds is 78. The molecule has 0 aliphatic heterocycles. The van der Waals surface area contributed by atoms with Crippen molar-refractivity contribution in [3.63, 3.8) is 0 Å². The second kappa shape index (κ2) is 73.1. The Kier molecular flexibility index (Phi) is 71.7. The molecule has 0 aliphatic carbocycles. The van der Waals surface area contributed by atoms with Crippen LogP contribution in [0.25, 0.3) is 0 Å². The fourth-order valence-electron chi connectivity index (χ4n) is 12.9. The zero-order chi connectivity index (χ0) is 65.4. The Hall–Kier alpha value is -1.71. The Morgan fingerprint density at radius 2 is 0.500 bits per heavy atom. The molecule has 0 heterocycles. The van der Waals surface area contributed by atoms with Crippen molar-refractivity contribution in [2.45, 2.75) is 456 Å². The number of carboxylic acids is 1. The second-order valence-electron chi connectivity index (χ2n) is 29.4. The predicted octanol–water partition coefficient (Wildman–Crippen LogP) is 24.4. The number of nitrogens with zero attached hydrogens (tertiary/aromatic N) is 1. The van der Waals surface area contributed by atoms with Crippen molar-refractivity contribution in [2.24, 2.45) is 0 Å². The van der Waals surface area contributed by atoms with Crippen LogP contribution in [0.4, 0.5) is 0 Å². The van der Waals surface area contributed by atoms with Gasteiger partial charge in [0.1, 0.15) is 13.2 Å². The van der Waals surface area contributed by atoms with Crippen molar-refractivity contribution in [1.29, 1.82) is 0 Å². The van der Waals surface area contributed by atoms with Gasteiger partial charge in [-0.1, -0.05) is 418 Å². The largest absolute Gasteiger partial charge is 0.545 e. The number of carbonyl (C=O) groups is 3. The summed E-state index contributed by atoms with van der Waals surface area (Å²) in [6.45, 7) is 4.86. The molecule has 0 aromatic rings. The van der Waals surface area contributed by atoms with Crippen LogP contribution in [0.15, 0.2) is 0 Å². The third kappa shape index (κ3) is 73.7. The number of unbranched alkanes of at least 4 members (excludes halogenated alkanes) is 63. The van der Waals surface area contributed by atoms with E-state index in [9.17, 15) is 19.5 Å². The standard InChI is InChI=1S/C81H159NO8/c1-6-8-10-12-14-16-18-20-22-24-26-28-30-32-34-36-37-38-39-40-41-42-43-44-46-48-50-52-54-56-58-60-62-64-66-68-70-72-79(84)90-77(76-89-81(80(85)86)87-74-73-82(3,4)5)75-88-78(83)71-69-67-65-63-61-59-57-55-53-51-49-47-45-35-33-31-29-27-25-23-21-19-17-15-13-11-9-7-2/h77,81H,6-76H2,1-5H3. The quantitative estimate of drug-likeness (QED) is 0.0256. The van der Waals surface area contributed by atoms with E-state index in [0.717, 1.165) is 38.5 Å². The SMILES string of the molecule is CCCCCCCCCCCCCCCCCCCCCCCCCCCCCCCCCCCCCCCC(=O)OC(COC(=O)CCCCCCCCCCCCCCCCCCCCCCCCCCCCCC)COC(OCC[N+](C)(C)C)C(=O)[O-]. The molecule has 2 atom stereocenters. The first-order chi connectivity index (χ1) is 44.1. The Bertz CT molecular complexity index is 1440. The number of hydrogen-bond donors (Lipinski definition) is 0. The van der Waals surface area contributed by atoms with Gasteiger partial charge in [0.2, 0.25) is 0 Å². The summed E-state index contributed by atoms with van der Waals surface area (Å²) in [5, 5.41) is 11.9. The molecule has 0 amide bonds. The average molecular weight is 1280 g/mol. The maximum atomic E-state index is 13.0. The average Bonchev–Trinajstić information content (AvgIpc) is 3.74. The lowest BCUT2D eigenvalue weighted by molar-refractivity contribution is -0.870. The Balaban J connectivity index is 3.93. The van der Waals surface area contributed by atoms with E-state index in [0.29, 0.717) is 17.4 Å². The number of esters is 2. The summed E-state index contributed by atoms with van der Waals surface area (Å²) in [5.41, 5.74) is 0. The van der Waals surface area contributed by atoms with E-state index in [-0.39, 0.29) is 32.2 Å². The van der Waals surface area contributed by atoms with Gasteiger partial charge in [-0.2, -0.15) is 0 Å². The van der Waals surface area contributed by atoms with Gasteiger partial charge < -0.3 is 33.3 Å². The van der Waals surface area contributed by atoms with Crippen LogP contribution in [0.2, 0.25) is 0 Å². The molecular formula is C81H159NO8. The van der Waals surface area contributed by atoms with E-state index in [1.807, 2.05) is 21.1 Å². The van der Waals surface area contributed by atoms with Crippen LogP contribution in [0.1, 0.15) is 444 Å². The molecule has 536 valence electrons. The number of quaternary nitrogens is 1. The van der Waals surface area contributed by atoms with E-state index in [2.05, 4.69) is 13.8 Å². The molecule has 90 heavy (non-hydrogen) atoms. The van der Waals surface area contributed by atoms with Gasteiger partial charge in [0, 0.05) is 12.8 Å². The highest BCUT2D eigenvalue weighted by Crippen LogP contribution is 2.21. The minimum Gasteiger partial charge on any atom is -0.545 e. The summed E-state index contributed by atoms with van der Waals surface area (Å²) in [6.07, 6.45) is 86.8. The van der Waals surface area contributed by atoms with Gasteiger partial charge in [-0.15, -0.1) is 0 Å². The Morgan fingerprint density at radius 1 is 0.289 bits per heavy atom. The predicted molar refractivity (Wildman–Crippen MR) is 385 cm³/mol. The van der Waals surface area contributed by atoms with Crippen LogP contribution in [0.5, 0.6) is 0 Å². The molecule has 2 unspecified atom stereocenters. The van der Waals surface area contributed by atoms with Crippen molar-refractivity contribution in [3.05, 3.63) is 0 Å². The summed E-state index contributed by atoms with van der Waals surface area (Å²) in [4.78, 5) is 37.6. The van der Waals surface area contributed by atoms with Crippen LogP contribution in [0, 0.1) is 0 Å². The molecule has 0 bridgehead atoms. The van der Waals surface area contributed by atoms with Gasteiger partial charge in [0.25, 0.3) is 0 Å². The van der Waals surface area contributed by atoms with Crippen LogP contribution in [-0.2, 0) is 33.3 Å². The molecule has 9 heteroatoms. The van der Waals surface area contributed by atoms with E-state index < -0.39 is 24.3 Å². The van der Waals surface area contributed by atoms with Gasteiger partial charge in [0.05, 0.1) is 40.3 Å². The molecule has 0 radical (unpaired) electrons. The summed E-state index contributed by atoms with van der Waals surface area (Å²) >= 11 is 0. The van der Waals surface area contributed by atoms with Crippen LogP contribution < -0.4 is 5.11 Å². The summed E-state index contributed by atoms with van der Waals surface area (Å²) < 4.78 is 22.9. The smallest absolute Gasteiger partial charge is 0.306 e. The highest BCUT2D eigenvalue weighted by molar-refractivity contribution is 5.70. The van der Waals surface area contributed by atoms with Gasteiger partial charge in [-0.25, -0.2) is 0 Å². The Morgan fingerprint density at radius 3 is 0.711 bits per heavy atom. The van der Waals surface area contributed by atoms with E-state index in [1.54, 1.807) is 0 Å². The van der Waals surface area contributed by atoms with Crippen molar-refractivity contribution >= 4 is 17.9 Å². The highest BCUT2D eigenvalue weighted by Gasteiger charge is 2.22. The van der Waals surface area contributed by atoms with Crippen molar-refractivity contribution < 1.29 is 42.9 Å². The zero-order valence-electron chi connectivity index (χ0n) is 61.6. The third-order valence-electron chi connectivity index (χ3n) is 19.1. The normalized spacial score (nSPS) is 12.5. The monoisotopic (exact) mass is 1270 g/mol. The minimum atomic E-state index is -1.62. The van der Waals surface area contributed by atoms with Gasteiger partial charge >= 0.3 is 11.9 Å². The van der Waals surface area contributed by atoms with Crippen LogP contribution >= 0.6 is 0 Å². The summed E-state index contributed by atoms with van der Waals surface area (Å²) in [6, 6.07) is 0. The van der Waals surface area contributed by atoms with E-state index >= 15 is 0 Å². The number of carbonyl (C=O) groups excluding carboxylic acids is 3. The van der Waals surface area contributed by atoms with E-state index in [4.69, 9.17) is 18.9 Å². The maximum Gasteiger partial charge on any atom is 0.306 e. The van der Waals surface area contributed by atoms with Gasteiger partial charge in [0.15, 0.2) is 12.4 Å². The van der Waals surface area contributed by atoms with E-state index in [1.165, 1.54) is 379 Å². The first-order valence-corrected chi connectivity index (χ1v) is 40.7. The molecule has 0 N–H and O–H groups in total. The molecule has 0 saturated carbocycles. The Labute approximate surface area is 562 Å². The summed E-state index contributed by atoms with van der Waals surface area (Å²) in [5.74, 6) is -2.24. The van der Waals surface area contributed by atoms with Crippen LogP contribution in [0.3, 0.4) is 0 Å². The summed E-state index contributed by atoms with van der Waals surface area (Å²) in [7, 11) is 5.96. The molecule has 0 saturated heterocycles. The maximum absolute atomic E-state index is 13.0. The molecule has 0 rings (SSSR count). The van der Waals surface area contributed by atoms with Crippen LogP contribution in [-0.4, -0.2) is 82.3 Å². The van der Waals surface area contributed by atoms with Crippen molar-refractivity contribution in [3.8, 4) is 0 Å². The second-order valence-corrected chi connectivity index (χ2v) is 29.4. The number of likely N-dealkylation sites (N-methyl/N-ethyl adjacent to an activating group) is 1. The lowest BCUT2D eigenvalue weighted by Gasteiger charge is -2.26. The fourth-order valence-corrected chi connectivity index (χ4v) is 12.9. The first-order valence-electron chi connectivity index (χ1n) is 40.7. The van der Waals surface area contributed by atoms with Gasteiger partial charge in [-0.05, 0) is 12.8 Å². The molecule has 9 nitrogen and oxygen atoms in total. The zero-order valence-corrected chi connectivity index (χ0v) is 61.6. The van der Waals surface area contributed by atoms with Crippen molar-refractivity contribution in [2.75, 3.05) is 47.5 Å².